The molecule has 10 heteroatoms. The summed E-state index contributed by atoms with van der Waals surface area (Å²) in [6, 6.07) is 7.70. The van der Waals surface area contributed by atoms with Gasteiger partial charge in [0.25, 0.3) is 0 Å². The van der Waals surface area contributed by atoms with Crippen molar-refractivity contribution >= 4 is 23.4 Å². The first-order valence-electron chi connectivity index (χ1n) is 8.81. The lowest BCUT2D eigenvalue weighted by Gasteiger charge is -2.11. The first-order chi connectivity index (χ1) is 13.2. The van der Waals surface area contributed by atoms with Gasteiger partial charge in [-0.1, -0.05) is 41.9 Å². The monoisotopic (exact) mass is 385 g/mol. The number of tetrazole rings is 1. The number of amides is 1. The number of benzene rings is 1. The summed E-state index contributed by atoms with van der Waals surface area (Å²) in [5.41, 5.74) is 1.35. The Balaban J connectivity index is 1.42. The molecule has 140 valence electrons. The highest BCUT2D eigenvalue weighted by Gasteiger charge is 2.22. The van der Waals surface area contributed by atoms with Gasteiger partial charge in [0.15, 0.2) is 0 Å². The van der Waals surface area contributed by atoms with Crippen molar-refractivity contribution in [3.05, 3.63) is 30.2 Å². The van der Waals surface area contributed by atoms with Gasteiger partial charge in [-0.2, -0.15) is 4.98 Å². The molecule has 0 atom stereocenters. The summed E-state index contributed by atoms with van der Waals surface area (Å²) in [4.78, 5) is 16.7. The maximum absolute atomic E-state index is 12.5. The fourth-order valence-electron chi connectivity index (χ4n) is 3.17. The second-order valence-corrected chi connectivity index (χ2v) is 7.31. The molecule has 1 aliphatic carbocycles. The molecule has 9 nitrogen and oxygen atoms in total. The van der Waals surface area contributed by atoms with E-state index < -0.39 is 0 Å². The molecular weight excluding hydrogens is 366 g/mol. The number of anilines is 1. The van der Waals surface area contributed by atoms with Crippen molar-refractivity contribution in [1.29, 1.82) is 0 Å². The summed E-state index contributed by atoms with van der Waals surface area (Å²) in [7, 11) is 0. The number of aryl methyl sites for hydroxylation is 1. The maximum atomic E-state index is 12.5. The normalized spacial score (nSPS) is 14.6. The Morgan fingerprint density at radius 2 is 2.15 bits per heavy atom. The molecule has 0 saturated heterocycles. The third-order valence-corrected chi connectivity index (χ3v) is 5.37. The van der Waals surface area contributed by atoms with E-state index in [0.29, 0.717) is 34.2 Å². The Labute approximate surface area is 159 Å². The second kappa shape index (κ2) is 7.87. The van der Waals surface area contributed by atoms with E-state index in [-0.39, 0.29) is 11.7 Å². The topological polar surface area (TPSA) is 112 Å². The van der Waals surface area contributed by atoms with Crippen molar-refractivity contribution in [3.8, 4) is 11.4 Å². The van der Waals surface area contributed by atoms with Gasteiger partial charge < -0.3 is 9.84 Å². The Morgan fingerprint density at radius 3 is 2.93 bits per heavy atom. The summed E-state index contributed by atoms with van der Waals surface area (Å²) < 4.78 is 6.88. The Bertz CT molecular complexity index is 933. The molecule has 0 bridgehead atoms. The molecule has 1 N–H and O–H groups in total. The molecule has 2 heterocycles. The van der Waals surface area contributed by atoms with Crippen molar-refractivity contribution < 1.29 is 9.32 Å². The average Bonchev–Trinajstić information content (AvgIpc) is 3.41. The zero-order valence-corrected chi connectivity index (χ0v) is 15.6. The standard InChI is InChI=1S/C17H19N7O2S/c1-11-18-16(21-26-11)13-8-4-5-9-14(13)19-15(25)10-27-17-20-22-23-24(17)12-6-2-3-7-12/h4-5,8-9,12H,2-3,6-7,10H2,1H3,(H,19,25). The molecule has 1 saturated carbocycles. The number of carbonyl (C=O) groups excluding carboxylic acids is 1. The SMILES string of the molecule is Cc1nc(-c2ccccc2NC(=O)CSc2nnnn2C2CCCC2)no1. The van der Waals surface area contributed by atoms with E-state index >= 15 is 0 Å². The van der Waals surface area contributed by atoms with Crippen molar-refractivity contribution in [1.82, 2.24) is 30.3 Å². The number of nitrogens with zero attached hydrogens (tertiary/aromatic N) is 6. The van der Waals surface area contributed by atoms with Gasteiger partial charge in [0.05, 0.1) is 17.5 Å². The predicted molar refractivity (Wildman–Crippen MR) is 99.1 cm³/mol. The molecule has 0 radical (unpaired) electrons. The minimum atomic E-state index is -0.145. The van der Waals surface area contributed by atoms with Crippen molar-refractivity contribution in [2.75, 3.05) is 11.1 Å². The minimum absolute atomic E-state index is 0.145. The van der Waals surface area contributed by atoms with Crippen LogP contribution in [-0.2, 0) is 4.79 Å². The third kappa shape index (κ3) is 4.00. The van der Waals surface area contributed by atoms with E-state index in [2.05, 4.69) is 31.0 Å². The summed E-state index contributed by atoms with van der Waals surface area (Å²) in [5, 5.41) is 19.4. The van der Waals surface area contributed by atoms with Crippen molar-refractivity contribution in [2.24, 2.45) is 0 Å². The van der Waals surface area contributed by atoms with E-state index in [1.165, 1.54) is 24.6 Å². The number of rotatable bonds is 6. The van der Waals surface area contributed by atoms with Crippen LogP contribution in [0.4, 0.5) is 5.69 Å². The third-order valence-electron chi connectivity index (χ3n) is 4.44. The van der Waals surface area contributed by atoms with Gasteiger partial charge in [-0.3, -0.25) is 4.79 Å². The van der Waals surface area contributed by atoms with Crippen LogP contribution >= 0.6 is 11.8 Å². The molecular formula is C17H19N7O2S. The zero-order valence-electron chi connectivity index (χ0n) is 14.8. The van der Waals surface area contributed by atoms with Crippen LogP contribution in [-0.4, -0.2) is 42.0 Å². The molecule has 1 aliphatic rings. The number of para-hydroxylation sites is 1. The van der Waals surface area contributed by atoms with Gasteiger partial charge in [0.2, 0.25) is 22.8 Å². The van der Waals surface area contributed by atoms with Crippen LogP contribution in [0.3, 0.4) is 0 Å². The summed E-state index contributed by atoms with van der Waals surface area (Å²) >= 11 is 1.34. The number of hydrogen-bond acceptors (Lipinski definition) is 8. The Morgan fingerprint density at radius 1 is 1.33 bits per heavy atom. The van der Waals surface area contributed by atoms with E-state index in [4.69, 9.17) is 4.52 Å². The molecule has 2 aromatic heterocycles. The lowest BCUT2D eigenvalue weighted by molar-refractivity contribution is -0.113. The average molecular weight is 385 g/mol. The number of thioether (sulfide) groups is 1. The van der Waals surface area contributed by atoms with Crippen LogP contribution in [0.1, 0.15) is 37.6 Å². The van der Waals surface area contributed by atoms with Gasteiger partial charge in [-0.05, 0) is 35.4 Å². The quantitative estimate of drug-likeness (QED) is 0.645. The molecule has 0 spiro atoms. The molecule has 3 aromatic rings. The van der Waals surface area contributed by atoms with Crippen molar-refractivity contribution in [3.63, 3.8) is 0 Å². The van der Waals surface area contributed by atoms with Crippen LogP contribution < -0.4 is 5.32 Å². The molecule has 1 aromatic carbocycles. The number of carbonyl (C=O) groups is 1. The number of hydrogen-bond donors (Lipinski definition) is 1. The molecule has 27 heavy (non-hydrogen) atoms. The summed E-state index contributed by atoms with van der Waals surface area (Å²) in [5.74, 6) is 0.988. The predicted octanol–water partition coefficient (Wildman–Crippen LogP) is 2.88. The minimum Gasteiger partial charge on any atom is -0.339 e. The molecule has 0 aliphatic heterocycles. The van der Waals surface area contributed by atoms with Gasteiger partial charge in [-0.25, -0.2) is 4.68 Å². The lowest BCUT2D eigenvalue weighted by Crippen LogP contribution is -2.16. The fraction of sp³-hybridized carbons (Fsp3) is 0.412. The number of aromatic nitrogens is 6. The van der Waals surface area contributed by atoms with E-state index in [0.717, 1.165) is 12.8 Å². The lowest BCUT2D eigenvalue weighted by atomic mass is 10.1. The van der Waals surface area contributed by atoms with Crippen LogP contribution in [0.2, 0.25) is 0 Å². The van der Waals surface area contributed by atoms with E-state index in [1.807, 2.05) is 28.9 Å². The van der Waals surface area contributed by atoms with Gasteiger partial charge in [-0.15, -0.1) is 5.10 Å². The number of nitrogens with one attached hydrogen (secondary N) is 1. The molecule has 1 fully saturated rings. The highest BCUT2D eigenvalue weighted by Crippen LogP contribution is 2.31. The first kappa shape index (κ1) is 17.7. The Kier molecular flexibility index (Phi) is 5.14. The fourth-order valence-corrected chi connectivity index (χ4v) is 3.92. The first-order valence-corrected chi connectivity index (χ1v) is 9.79. The van der Waals surface area contributed by atoms with Crippen molar-refractivity contribution in [2.45, 2.75) is 43.8 Å². The largest absolute Gasteiger partial charge is 0.339 e. The van der Waals surface area contributed by atoms with Gasteiger partial charge >= 0.3 is 0 Å². The highest BCUT2D eigenvalue weighted by molar-refractivity contribution is 7.99. The summed E-state index contributed by atoms with van der Waals surface area (Å²) in [6.45, 7) is 1.73. The molecule has 4 rings (SSSR count). The molecule has 0 unspecified atom stereocenters. The second-order valence-electron chi connectivity index (χ2n) is 6.36. The van der Waals surface area contributed by atoms with Gasteiger partial charge in [0.1, 0.15) is 0 Å². The van der Waals surface area contributed by atoms with Crippen LogP contribution in [0, 0.1) is 6.92 Å². The van der Waals surface area contributed by atoms with E-state index in [1.54, 1.807) is 6.92 Å². The van der Waals surface area contributed by atoms with Crippen LogP contribution in [0.15, 0.2) is 33.9 Å². The smallest absolute Gasteiger partial charge is 0.234 e. The highest BCUT2D eigenvalue weighted by atomic mass is 32.2. The summed E-state index contributed by atoms with van der Waals surface area (Å²) in [6.07, 6.45) is 4.56. The van der Waals surface area contributed by atoms with Gasteiger partial charge in [0, 0.05) is 12.5 Å². The van der Waals surface area contributed by atoms with Crippen LogP contribution in [0.25, 0.3) is 11.4 Å². The van der Waals surface area contributed by atoms with E-state index in [9.17, 15) is 4.79 Å². The zero-order chi connectivity index (χ0) is 18.6. The van der Waals surface area contributed by atoms with Crippen LogP contribution in [0.5, 0.6) is 0 Å². The maximum Gasteiger partial charge on any atom is 0.234 e. The Hall–Kier alpha value is -2.75. The molecule has 1 amide bonds.